The quantitative estimate of drug-likeness (QED) is 0.579. The van der Waals surface area contributed by atoms with Crippen molar-refractivity contribution >= 4 is 6.16 Å². The van der Waals surface area contributed by atoms with E-state index in [0.29, 0.717) is 16.8 Å². The van der Waals surface area contributed by atoms with Crippen molar-refractivity contribution in [3.8, 4) is 28.3 Å². The molecule has 2 heterocycles. The lowest BCUT2D eigenvalue weighted by Gasteiger charge is -2.18. The number of hydrogen-bond acceptors (Lipinski definition) is 6. The summed E-state index contributed by atoms with van der Waals surface area (Å²) in [6, 6.07) is 7.27. The zero-order valence-electron chi connectivity index (χ0n) is 17.4. The Bertz CT molecular complexity index is 1150. The Morgan fingerprint density at radius 1 is 0.966 bits per heavy atom. The maximum atomic E-state index is 13.1. The van der Waals surface area contributed by atoms with Gasteiger partial charge in [0.25, 0.3) is 0 Å². The van der Waals surface area contributed by atoms with Gasteiger partial charge in [-0.2, -0.15) is 0 Å². The molecule has 0 spiro atoms. The van der Waals surface area contributed by atoms with Gasteiger partial charge in [-0.15, -0.1) is 0 Å². The molecule has 0 N–H and O–H groups in total. The van der Waals surface area contributed by atoms with E-state index >= 15 is 0 Å². The summed E-state index contributed by atoms with van der Waals surface area (Å²) in [4.78, 5) is 29.4. The first-order valence-corrected chi connectivity index (χ1v) is 9.18. The highest BCUT2D eigenvalue weighted by molar-refractivity contribution is 5.82. The molecule has 0 aliphatic rings. The fraction of sp³-hybridized carbons (Fsp3) is 0.261. The summed E-state index contributed by atoms with van der Waals surface area (Å²) in [5.41, 5.74) is 5.22. The van der Waals surface area contributed by atoms with E-state index in [-0.39, 0.29) is 17.1 Å². The molecule has 1 aromatic carbocycles. The van der Waals surface area contributed by atoms with Crippen molar-refractivity contribution in [2.24, 2.45) is 0 Å². The number of carbonyl (C=O) groups is 1. The highest BCUT2D eigenvalue weighted by Gasteiger charge is 2.26. The van der Waals surface area contributed by atoms with Crippen molar-refractivity contribution in [2.75, 3.05) is 7.11 Å². The number of carbonyl (C=O) groups excluding carboxylic acids is 1. The lowest BCUT2D eigenvalue weighted by molar-refractivity contribution is 0.121. The monoisotopic (exact) mass is 393 g/mol. The van der Waals surface area contributed by atoms with Crippen LogP contribution >= 0.6 is 0 Å². The van der Waals surface area contributed by atoms with Gasteiger partial charge < -0.3 is 13.9 Å². The SMILES string of the molecule is COC(=O)Oc1c(C)c(-c2ccccn2)oc(=O)c1-c1c(C)cc(C)c(C)c1C. The molecule has 3 rings (SSSR count). The van der Waals surface area contributed by atoms with E-state index in [2.05, 4.69) is 9.72 Å². The number of ether oxygens (including phenoxy) is 2. The van der Waals surface area contributed by atoms with Crippen LogP contribution in [0.2, 0.25) is 0 Å². The third-order valence-electron chi connectivity index (χ3n) is 5.16. The third kappa shape index (κ3) is 3.66. The number of rotatable bonds is 3. The van der Waals surface area contributed by atoms with E-state index in [9.17, 15) is 9.59 Å². The molecule has 0 amide bonds. The van der Waals surface area contributed by atoms with Crippen molar-refractivity contribution in [1.82, 2.24) is 4.98 Å². The Kier molecular flexibility index (Phi) is 5.55. The van der Waals surface area contributed by atoms with Crippen LogP contribution in [0.25, 0.3) is 22.6 Å². The van der Waals surface area contributed by atoms with Crippen LogP contribution in [0, 0.1) is 34.6 Å². The van der Waals surface area contributed by atoms with Crippen LogP contribution in [0.3, 0.4) is 0 Å². The standard InChI is InChI=1S/C23H23NO5/c1-12-11-13(2)18(15(4)14(12)3)19-21(29-23(26)27-6)16(5)20(28-22(19)25)17-9-7-8-10-24-17/h7-11H,1-6H3. The van der Waals surface area contributed by atoms with Crippen molar-refractivity contribution in [1.29, 1.82) is 0 Å². The maximum Gasteiger partial charge on any atom is 0.513 e. The van der Waals surface area contributed by atoms with Crippen LogP contribution in [0.15, 0.2) is 39.7 Å². The minimum Gasteiger partial charge on any atom is -0.437 e. The molecule has 0 saturated heterocycles. The van der Waals surface area contributed by atoms with E-state index in [4.69, 9.17) is 9.15 Å². The second kappa shape index (κ2) is 7.91. The van der Waals surface area contributed by atoms with Gasteiger partial charge in [-0.25, -0.2) is 9.59 Å². The molecule has 29 heavy (non-hydrogen) atoms. The van der Waals surface area contributed by atoms with Crippen LogP contribution in [-0.2, 0) is 4.74 Å². The molecule has 0 aliphatic heterocycles. The highest BCUT2D eigenvalue weighted by atomic mass is 16.7. The Balaban J connectivity index is 2.40. The molecule has 3 aromatic rings. The van der Waals surface area contributed by atoms with Crippen molar-refractivity contribution in [3.63, 3.8) is 0 Å². The molecule has 0 bridgehead atoms. The second-order valence-electron chi connectivity index (χ2n) is 6.95. The number of hydrogen-bond donors (Lipinski definition) is 0. The van der Waals surface area contributed by atoms with E-state index < -0.39 is 11.8 Å². The van der Waals surface area contributed by atoms with Crippen LogP contribution in [0.1, 0.15) is 27.8 Å². The van der Waals surface area contributed by atoms with Crippen LogP contribution in [0.5, 0.6) is 5.75 Å². The maximum absolute atomic E-state index is 13.1. The summed E-state index contributed by atoms with van der Waals surface area (Å²) >= 11 is 0. The van der Waals surface area contributed by atoms with Gasteiger partial charge in [-0.3, -0.25) is 4.98 Å². The fourth-order valence-electron chi connectivity index (χ4n) is 3.48. The number of aryl methyl sites for hydroxylation is 2. The Morgan fingerprint density at radius 3 is 2.31 bits per heavy atom. The molecular formula is C23H23NO5. The molecule has 0 saturated carbocycles. The zero-order chi connectivity index (χ0) is 21.3. The molecule has 0 aliphatic carbocycles. The summed E-state index contributed by atoms with van der Waals surface area (Å²) < 4.78 is 15.8. The summed E-state index contributed by atoms with van der Waals surface area (Å²) in [6.07, 6.45) is 0.687. The summed E-state index contributed by atoms with van der Waals surface area (Å²) in [6.45, 7) is 9.58. The largest absolute Gasteiger partial charge is 0.513 e. The van der Waals surface area contributed by atoms with Gasteiger partial charge >= 0.3 is 11.8 Å². The lowest BCUT2D eigenvalue weighted by atomic mass is 9.89. The van der Waals surface area contributed by atoms with Gasteiger partial charge in [-0.1, -0.05) is 12.1 Å². The highest BCUT2D eigenvalue weighted by Crippen LogP contribution is 2.39. The average Bonchev–Trinajstić information content (AvgIpc) is 2.71. The molecule has 150 valence electrons. The van der Waals surface area contributed by atoms with Crippen molar-refractivity contribution < 1.29 is 18.7 Å². The minimum absolute atomic E-state index is 0.114. The van der Waals surface area contributed by atoms with Crippen LogP contribution in [0.4, 0.5) is 4.79 Å². The summed E-state index contributed by atoms with van der Waals surface area (Å²) in [7, 11) is 1.22. The number of methoxy groups -OCH3 is 1. The molecule has 0 unspecified atom stereocenters. The van der Waals surface area contributed by atoms with E-state index in [0.717, 1.165) is 22.3 Å². The second-order valence-corrected chi connectivity index (χ2v) is 6.95. The molecule has 0 fully saturated rings. The van der Waals surface area contributed by atoms with Gasteiger partial charge in [0.2, 0.25) is 0 Å². The number of aromatic nitrogens is 1. The normalized spacial score (nSPS) is 10.7. The molecular weight excluding hydrogens is 370 g/mol. The zero-order valence-corrected chi connectivity index (χ0v) is 17.4. The van der Waals surface area contributed by atoms with E-state index in [1.165, 1.54) is 7.11 Å². The first kappa shape index (κ1) is 20.3. The van der Waals surface area contributed by atoms with E-state index in [1.807, 2.05) is 33.8 Å². The average molecular weight is 393 g/mol. The minimum atomic E-state index is -0.911. The first-order chi connectivity index (χ1) is 13.8. The van der Waals surface area contributed by atoms with Crippen molar-refractivity contribution in [2.45, 2.75) is 34.6 Å². The number of nitrogens with zero attached hydrogens (tertiary/aromatic N) is 1. The van der Waals surface area contributed by atoms with Gasteiger partial charge in [0, 0.05) is 11.8 Å². The molecule has 0 radical (unpaired) electrons. The third-order valence-corrected chi connectivity index (χ3v) is 5.16. The summed E-state index contributed by atoms with van der Waals surface area (Å²) in [5, 5.41) is 0. The Morgan fingerprint density at radius 2 is 1.69 bits per heavy atom. The number of benzene rings is 1. The molecule has 2 aromatic heterocycles. The molecule has 0 atom stereocenters. The van der Waals surface area contributed by atoms with Crippen molar-refractivity contribution in [3.05, 3.63) is 68.7 Å². The van der Waals surface area contributed by atoms with Crippen LogP contribution < -0.4 is 10.4 Å². The van der Waals surface area contributed by atoms with Gasteiger partial charge in [0.1, 0.15) is 11.3 Å². The smallest absolute Gasteiger partial charge is 0.437 e. The molecule has 6 heteroatoms. The van der Waals surface area contributed by atoms with Gasteiger partial charge in [0.15, 0.2) is 11.5 Å². The summed E-state index contributed by atoms with van der Waals surface area (Å²) in [5.74, 6) is 0.362. The molecule has 6 nitrogen and oxygen atoms in total. The fourth-order valence-corrected chi connectivity index (χ4v) is 3.48. The van der Waals surface area contributed by atoms with Crippen LogP contribution in [-0.4, -0.2) is 18.2 Å². The Labute approximate surface area is 169 Å². The Hall–Kier alpha value is -3.41. The van der Waals surface area contributed by atoms with Gasteiger partial charge in [0.05, 0.1) is 7.11 Å². The van der Waals surface area contributed by atoms with E-state index in [1.54, 1.807) is 31.3 Å². The lowest BCUT2D eigenvalue weighted by Crippen LogP contribution is -2.16. The first-order valence-electron chi connectivity index (χ1n) is 9.18. The predicted octanol–water partition coefficient (Wildman–Crippen LogP) is 5.06. The predicted molar refractivity (Wildman–Crippen MR) is 110 cm³/mol. The topological polar surface area (TPSA) is 78.6 Å². The van der Waals surface area contributed by atoms with Gasteiger partial charge in [-0.05, 0) is 74.6 Å². The number of pyridine rings is 1.